The molecule has 3 aromatic heterocycles. The minimum absolute atomic E-state index is 0.449. The minimum Gasteiger partial charge on any atom is -0.379 e. The third-order valence-corrected chi connectivity index (χ3v) is 6.77. The second-order valence-corrected chi connectivity index (χ2v) is 8.88. The number of allylic oxidation sites excluding steroid dienone is 1. The number of thiophene rings is 2. The van der Waals surface area contributed by atoms with E-state index in [4.69, 9.17) is 17.3 Å². The molecular formula is C18H19BrClN3S2. The molecule has 0 saturated carbocycles. The summed E-state index contributed by atoms with van der Waals surface area (Å²) in [4.78, 5) is 5.63. The predicted molar refractivity (Wildman–Crippen MR) is 115 cm³/mol. The van der Waals surface area contributed by atoms with Crippen LogP contribution in [0, 0.1) is 0 Å². The Balaban J connectivity index is 0.000000219. The third-order valence-electron chi connectivity index (χ3n) is 3.79. The molecule has 1 aliphatic rings. The first kappa shape index (κ1) is 18.9. The average Bonchev–Trinajstić information content (AvgIpc) is 3.25. The summed E-state index contributed by atoms with van der Waals surface area (Å²) in [6.45, 7) is 0.808. The van der Waals surface area contributed by atoms with Crippen molar-refractivity contribution >= 4 is 66.1 Å². The van der Waals surface area contributed by atoms with Crippen LogP contribution in [0.3, 0.4) is 0 Å². The Labute approximate surface area is 169 Å². The molecule has 0 bridgehead atoms. The number of aromatic nitrogens is 1. The lowest BCUT2D eigenvalue weighted by molar-refractivity contribution is 0.606. The number of fused-ring (bicyclic) bond motifs is 1. The Morgan fingerprint density at radius 2 is 2.24 bits per heavy atom. The second-order valence-electron chi connectivity index (χ2n) is 5.73. The van der Waals surface area contributed by atoms with E-state index in [2.05, 4.69) is 55.9 Å². The first-order valence-electron chi connectivity index (χ1n) is 8.03. The van der Waals surface area contributed by atoms with Crippen molar-refractivity contribution in [3.05, 3.63) is 55.6 Å². The quantitative estimate of drug-likeness (QED) is 0.352. The van der Waals surface area contributed by atoms with Gasteiger partial charge in [-0.05, 0) is 46.6 Å². The lowest BCUT2D eigenvalue weighted by atomic mass is 10.0. The van der Waals surface area contributed by atoms with Gasteiger partial charge in [-0.2, -0.15) is 0 Å². The van der Waals surface area contributed by atoms with Crippen molar-refractivity contribution in [2.24, 2.45) is 5.73 Å². The van der Waals surface area contributed by atoms with Gasteiger partial charge >= 0.3 is 0 Å². The van der Waals surface area contributed by atoms with Crippen LogP contribution in [0.25, 0.3) is 10.2 Å². The summed E-state index contributed by atoms with van der Waals surface area (Å²) < 4.78 is 2.12. The molecule has 3 heterocycles. The summed E-state index contributed by atoms with van der Waals surface area (Å²) in [7, 11) is 0. The van der Waals surface area contributed by atoms with E-state index in [0.717, 1.165) is 33.3 Å². The highest BCUT2D eigenvalue weighted by Crippen LogP contribution is 2.35. The summed E-state index contributed by atoms with van der Waals surface area (Å²) in [6, 6.07) is 6.49. The van der Waals surface area contributed by atoms with Gasteiger partial charge in [0, 0.05) is 28.9 Å². The van der Waals surface area contributed by atoms with Gasteiger partial charge in [-0.3, -0.25) is 0 Å². The molecular weight excluding hydrogens is 438 g/mol. The predicted octanol–water partition coefficient (Wildman–Crippen LogP) is 6.44. The fourth-order valence-corrected chi connectivity index (χ4v) is 4.89. The Morgan fingerprint density at radius 3 is 2.88 bits per heavy atom. The van der Waals surface area contributed by atoms with Crippen molar-refractivity contribution in [2.45, 2.75) is 31.8 Å². The Morgan fingerprint density at radius 1 is 1.36 bits per heavy atom. The lowest BCUT2D eigenvalue weighted by Gasteiger charge is -2.09. The highest BCUT2D eigenvalue weighted by molar-refractivity contribution is 9.10. The first-order valence-corrected chi connectivity index (χ1v) is 11.0. The number of nitrogens with one attached hydrogen (secondary N) is 1. The molecule has 0 radical (unpaired) electrons. The topological polar surface area (TPSA) is 50.9 Å². The van der Waals surface area contributed by atoms with Crippen LogP contribution in [0.4, 0.5) is 5.69 Å². The standard InChI is InChI=1S/C12H8BrClN2S2.C6H11N/c13-8-6-18-12-9(4-10(14)16-11(8)12)15-5-7-2-1-3-17-7;7-6-4-2-1-3-5-6/h1-4,6H,5H2,(H,15,16);1-2,6H,3-5,7H2. The van der Waals surface area contributed by atoms with Crippen molar-refractivity contribution in [3.63, 3.8) is 0 Å². The molecule has 7 heteroatoms. The monoisotopic (exact) mass is 455 g/mol. The number of pyridine rings is 1. The maximum absolute atomic E-state index is 6.05. The van der Waals surface area contributed by atoms with Crippen molar-refractivity contribution in [1.29, 1.82) is 0 Å². The fraction of sp³-hybridized carbons (Fsp3) is 0.278. The van der Waals surface area contributed by atoms with Gasteiger partial charge in [-0.1, -0.05) is 29.8 Å². The zero-order chi connectivity index (χ0) is 17.6. The van der Waals surface area contributed by atoms with E-state index in [9.17, 15) is 0 Å². The van der Waals surface area contributed by atoms with Crippen LogP contribution in [-0.2, 0) is 6.54 Å². The molecule has 3 aromatic rings. The van der Waals surface area contributed by atoms with Crippen LogP contribution >= 0.6 is 50.2 Å². The van der Waals surface area contributed by atoms with Crippen molar-refractivity contribution < 1.29 is 0 Å². The maximum atomic E-state index is 6.05. The zero-order valence-electron chi connectivity index (χ0n) is 13.5. The molecule has 1 atom stereocenters. The number of anilines is 1. The molecule has 0 aromatic carbocycles. The van der Waals surface area contributed by atoms with Gasteiger partial charge in [0.15, 0.2) is 0 Å². The van der Waals surface area contributed by atoms with Gasteiger partial charge < -0.3 is 11.1 Å². The van der Waals surface area contributed by atoms with E-state index >= 15 is 0 Å². The number of hydrogen-bond acceptors (Lipinski definition) is 5. The van der Waals surface area contributed by atoms with E-state index in [-0.39, 0.29) is 0 Å². The molecule has 0 fully saturated rings. The summed E-state index contributed by atoms with van der Waals surface area (Å²) in [5.74, 6) is 0. The third kappa shape index (κ3) is 5.28. The molecule has 132 valence electrons. The van der Waals surface area contributed by atoms with Gasteiger partial charge in [0.1, 0.15) is 5.15 Å². The number of rotatable bonds is 3. The molecule has 3 N–H and O–H groups in total. The highest BCUT2D eigenvalue weighted by Gasteiger charge is 2.10. The largest absolute Gasteiger partial charge is 0.379 e. The molecule has 4 rings (SSSR count). The molecule has 3 nitrogen and oxygen atoms in total. The van der Waals surface area contributed by atoms with Gasteiger partial charge in [0.05, 0.1) is 20.4 Å². The molecule has 0 saturated heterocycles. The summed E-state index contributed by atoms with van der Waals surface area (Å²) in [5.41, 5.74) is 7.54. The van der Waals surface area contributed by atoms with Crippen molar-refractivity contribution in [1.82, 2.24) is 4.98 Å². The van der Waals surface area contributed by atoms with Crippen LogP contribution in [0.15, 0.2) is 45.6 Å². The van der Waals surface area contributed by atoms with Gasteiger partial charge in [-0.15, -0.1) is 22.7 Å². The summed E-state index contributed by atoms with van der Waals surface area (Å²) in [5, 5.41) is 8.04. The number of nitrogens with two attached hydrogens (primary N) is 1. The van der Waals surface area contributed by atoms with Gasteiger partial charge in [0.2, 0.25) is 0 Å². The molecule has 1 unspecified atom stereocenters. The lowest BCUT2D eigenvalue weighted by Crippen LogP contribution is -2.19. The SMILES string of the molecule is Clc1cc(NCc2cccs2)c2scc(Br)c2n1.NC1CC=CCC1. The molecule has 0 aliphatic heterocycles. The molecule has 0 amide bonds. The number of halogens is 2. The summed E-state index contributed by atoms with van der Waals surface area (Å²) >= 11 is 12.9. The van der Waals surface area contributed by atoms with Crippen LogP contribution < -0.4 is 11.1 Å². The van der Waals surface area contributed by atoms with Gasteiger partial charge in [0.25, 0.3) is 0 Å². The molecule has 0 spiro atoms. The summed E-state index contributed by atoms with van der Waals surface area (Å²) in [6.07, 6.45) is 7.80. The smallest absolute Gasteiger partial charge is 0.131 e. The number of nitrogens with zero attached hydrogens (tertiary/aromatic N) is 1. The van der Waals surface area contributed by atoms with Crippen LogP contribution in [0.1, 0.15) is 24.1 Å². The van der Waals surface area contributed by atoms with Crippen LogP contribution in [0.5, 0.6) is 0 Å². The minimum atomic E-state index is 0.449. The second kappa shape index (κ2) is 9.14. The van der Waals surface area contributed by atoms with Crippen LogP contribution in [0.2, 0.25) is 5.15 Å². The van der Waals surface area contributed by atoms with E-state index in [1.54, 1.807) is 22.7 Å². The maximum Gasteiger partial charge on any atom is 0.131 e. The normalized spacial score (nSPS) is 16.5. The molecule has 25 heavy (non-hydrogen) atoms. The zero-order valence-corrected chi connectivity index (χ0v) is 17.5. The fourth-order valence-electron chi connectivity index (χ4n) is 2.49. The highest BCUT2D eigenvalue weighted by atomic mass is 79.9. The van der Waals surface area contributed by atoms with E-state index < -0.39 is 0 Å². The van der Waals surface area contributed by atoms with E-state index in [0.29, 0.717) is 11.2 Å². The van der Waals surface area contributed by atoms with Crippen LogP contribution in [-0.4, -0.2) is 11.0 Å². The Kier molecular flexibility index (Phi) is 6.90. The van der Waals surface area contributed by atoms with E-state index in [1.807, 2.05) is 11.4 Å². The Hall–Kier alpha value is -0.920. The van der Waals surface area contributed by atoms with Crippen molar-refractivity contribution in [2.75, 3.05) is 5.32 Å². The number of hydrogen-bond donors (Lipinski definition) is 2. The Bertz CT molecular complexity index is 846. The van der Waals surface area contributed by atoms with Crippen molar-refractivity contribution in [3.8, 4) is 0 Å². The molecule has 1 aliphatic carbocycles. The van der Waals surface area contributed by atoms with E-state index in [1.165, 1.54) is 17.7 Å². The first-order chi connectivity index (χ1) is 12.1. The van der Waals surface area contributed by atoms with Gasteiger partial charge in [-0.25, -0.2) is 4.98 Å². The average molecular weight is 457 g/mol.